The SMILES string of the molecule is COc1ccc2c(=O)c3c(oc2c1)C(=O)N(CCCN(C)C)C3c1cccnc1. The number of hydrogen-bond donors (Lipinski definition) is 0. The summed E-state index contributed by atoms with van der Waals surface area (Å²) >= 11 is 0. The highest BCUT2D eigenvalue weighted by Gasteiger charge is 2.42. The number of fused-ring (bicyclic) bond motifs is 2. The van der Waals surface area contributed by atoms with Crippen LogP contribution >= 0.6 is 0 Å². The van der Waals surface area contributed by atoms with E-state index in [1.54, 1.807) is 42.6 Å². The summed E-state index contributed by atoms with van der Waals surface area (Å²) in [7, 11) is 5.53. The number of benzene rings is 1. The summed E-state index contributed by atoms with van der Waals surface area (Å²) in [5.41, 5.74) is 1.33. The zero-order chi connectivity index (χ0) is 20.5. The van der Waals surface area contributed by atoms with Crippen LogP contribution in [0.25, 0.3) is 11.0 Å². The first kappa shape index (κ1) is 19.1. The van der Waals surface area contributed by atoms with Gasteiger partial charge in [-0.25, -0.2) is 0 Å². The van der Waals surface area contributed by atoms with Crippen molar-refractivity contribution in [3.63, 3.8) is 0 Å². The molecule has 2 aromatic heterocycles. The van der Waals surface area contributed by atoms with Crippen molar-refractivity contribution < 1.29 is 13.9 Å². The molecular weight excluding hydrogens is 370 g/mol. The van der Waals surface area contributed by atoms with E-state index in [0.29, 0.717) is 28.8 Å². The van der Waals surface area contributed by atoms with E-state index < -0.39 is 6.04 Å². The number of nitrogens with zero attached hydrogens (tertiary/aromatic N) is 3. The van der Waals surface area contributed by atoms with E-state index in [1.165, 1.54) is 0 Å². The highest BCUT2D eigenvalue weighted by Crippen LogP contribution is 2.38. The molecule has 0 aliphatic carbocycles. The monoisotopic (exact) mass is 393 g/mol. The van der Waals surface area contributed by atoms with Crippen LogP contribution in [-0.4, -0.2) is 55.0 Å². The second-order valence-corrected chi connectivity index (χ2v) is 7.38. The van der Waals surface area contributed by atoms with Crippen LogP contribution in [0.5, 0.6) is 5.75 Å². The molecule has 0 radical (unpaired) electrons. The summed E-state index contributed by atoms with van der Waals surface area (Å²) in [6.07, 6.45) is 4.15. The Kier molecular flexibility index (Phi) is 5.07. The van der Waals surface area contributed by atoms with Gasteiger partial charge in [0.25, 0.3) is 5.91 Å². The quantitative estimate of drug-likeness (QED) is 0.641. The molecule has 0 N–H and O–H groups in total. The van der Waals surface area contributed by atoms with E-state index in [1.807, 2.05) is 26.2 Å². The highest BCUT2D eigenvalue weighted by molar-refractivity contribution is 5.99. The Bertz CT molecular complexity index is 1110. The number of methoxy groups -OCH3 is 1. The van der Waals surface area contributed by atoms with Crippen molar-refractivity contribution >= 4 is 16.9 Å². The van der Waals surface area contributed by atoms with Crippen LogP contribution in [0.4, 0.5) is 0 Å². The summed E-state index contributed by atoms with van der Waals surface area (Å²) < 4.78 is 11.2. The van der Waals surface area contributed by atoms with Crippen molar-refractivity contribution in [2.75, 3.05) is 34.3 Å². The molecule has 29 heavy (non-hydrogen) atoms. The molecule has 150 valence electrons. The lowest BCUT2D eigenvalue weighted by molar-refractivity contribution is 0.0722. The molecule has 0 bridgehead atoms. The Morgan fingerprint density at radius 2 is 2.07 bits per heavy atom. The number of ether oxygens (including phenoxy) is 1. The van der Waals surface area contributed by atoms with E-state index in [4.69, 9.17) is 9.15 Å². The molecule has 7 nitrogen and oxygen atoms in total. The Balaban J connectivity index is 1.87. The minimum atomic E-state index is -0.504. The third-order valence-electron chi connectivity index (χ3n) is 5.18. The van der Waals surface area contributed by atoms with Gasteiger partial charge in [-0.2, -0.15) is 0 Å². The van der Waals surface area contributed by atoms with Gasteiger partial charge in [-0.3, -0.25) is 14.6 Å². The van der Waals surface area contributed by atoms with Crippen LogP contribution in [0.15, 0.2) is 51.9 Å². The lowest BCUT2D eigenvalue weighted by Crippen LogP contribution is -2.32. The highest BCUT2D eigenvalue weighted by atomic mass is 16.5. The van der Waals surface area contributed by atoms with Gasteiger partial charge in [-0.1, -0.05) is 6.07 Å². The topological polar surface area (TPSA) is 75.9 Å². The summed E-state index contributed by atoms with van der Waals surface area (Å²) in [6, 6.07) is 8.23. The first-order valence-electron chi connectivity index (χ1n) is 9.51. The first-order valence-corrected chi connectivity index (χ1v) is 9.51. The minimum Gasteiger partial charge on any atom is -0.497 e. The fourth-order valence-corrected chi connectivity index (χ4v) is 3.80. The fourth-order valence-electron chi connectivity index (χ4n) is 3.80. The first-order chi connectivity index (χ1) is 14.0. The summed E-state index contributed by atoms with van der Waals surface area (Å²) in [5, 5.41) is 0.432. The average Bonchev–Trinajstić information content (AvgIpc) is 3.00. The average molecular weight is 393 g/mol. The lowest BCUT2D eigenvalue weighted by atomic mass is 10.00. The zero-order valence-electron chi connectivity index (χ0n) is 16.7. The molecule has 1 aliphatic heterocycles. The molecule has 1 amide bonds. The van der Waals surface area contributed by atoms with Gasteiger partial charge in [0.1, 0.15) is 11.3 Å². The molecule has 3 heterocycles. The molecule has 4 rings (SSSR count). The number of pyridine rings is 1. The lowest BCUT2D eigenvalue weighted by Gasteiger charge is -2.25. The standard InChI is InChI=1S/C22H23N3O4/c1-24(2)10-5-11-25-19(14-6-4-9-23-13-14)18-20(26)16-8-7-15(28-3)12-17(16)29-21(18)22(25)27/h4,6-9,12-13,19H,5,10-11H2,1-3H3. The summed E-state index contributed by atoms with van der Waals surface area (Å²) in [6.45, 7) is 1.35. The van der Waals surface area contributed by atoms with Crippen molar-refractivity contribution in [3.8, 4) is 5.75 Å². The van der Waals surface area contributed by atoms with Crippen LogP contribution < -0.4 is 10.2 Å². The number of rotatable bonds is 6. The molecule has 1 aliphatic rings. The Labute approximate surface area is 168 Å². The van der Waals surface area contributed by atoms with Gasteiger partial charge < -0.3 is 19.0 Å². The molecule has 0 fully saturated rings. The third-order valence-corrected chi connectivity index (χ3v) is 5.18. The second kappa shape index (κ2) is 7.67. The Morgan fingerprint density at radius 3 is 2.76 bits per heavy atom. The zero-order valence-corrected chi connectivity index (χ0v) is 16.7. The number of carbonyl (C=O) groups excluding carboxylic acids is 1. The van der Waals surface area contributed by atoms with Crippen LogP contribution in [0.1, 0.15) is 34.1 Å². The van der Waals surface area contributed by atoms with Gasteiger partial charge in [-0.05, 0) is 50.8 Å². The van der Waals surface area contributed by atoms with E-state index in [0.717, 1.165) is 18.5 Å². The number of carbonyl (C=O) groups is 1. The van der Waals surface area contributed by atoms with Crippen molar-refractivity contribution in [2.45, 2.75) is 12.5 Å². The minimum absolute atomic E-state index is 0.106. The number of amides is 1. The van der Waals surface area contributed by atoms with Crippen LogP contribution in [0.3, 0.4) is 0 Å². The van der Waals surface area contributed by atoms with Gasteiger partial charge in [-0.15, -0.1) is 0 Å². The van der Waals surface area contributed by atoms with Crippen molar-refractivity contribution in [1.29, 1.82) is 0 Å². The van der Waals surface area contributed by atoms with Gasteiger partial charge in [0.05, 0.1) is 24.1 Å². The van der Waals surface area contributed by atoms with Gasteiger partial charge >= 0.3 is 0 Å². The maximum absolute atomic E-state index is 13.4. The van der Waals surface area contributed by atoms with E-state index >= 15 is 0 Å². The Hall–Kier alpha value is -3.19. The largest absolute Gasteiger partial charge is 0.497 e. The van der Waals surface area contributed by atoms with Crippen molar-refractivity contribution in [3.05, 3.63) is 69.8 Å². The van der Waals surface area contributed by atoms with Gasteiger partial charge in [0.2, 0.25) is 5.76 Å². The third kappa shape index (κ3) is 3.38. The molecule has 1 unspecified atom stereocenters. The van der Waals surface area contributed by atoms with Crippen molar-refractivity contribution in [2.24, 2.45) is 0 Å². The van der Waals surface area contributed by atoms with Crippen molar-refractivity contribution in [1.82, 2.24) is 14.8 Å². The maximum atomic E-state index is 13.4. The fraction of sp³-hybridized carbons (Fsp3) is 0.318. The second-order valence-electron chi connectivity index (χ2n) is 7.38. The predicted molar refractivity (Wildman–Crippen MR) is 109 cm³/mol. The molecule has 1 aromatic carbocycles. The Morgan fingerprint density at radius 1 is 1.24 bits per heavy atom. The molecule has 0 saturated carbocycles. The number of aromatic nitrogens is 1. The summed E-state index contributed by atoms with van der Waals surface area (Å²) in [5.74, 6) is 0.404. The summed E-state index contributed by atoms with van der Waals surface area (Å²) in [4.78, 5) is 34.6. The predicted octanol–water partition coefficient (Wildman–Crippen LogP) is 2.69. The van der Waals surface area contributed by atoms with Gasteiger partial charge in [0, 0.05) is 25.0 Å². The molecular formula is C22H23N3O4. The molecule has 0 saturated heterocycles. The number of hydrogen-bond acceptors (Lipinski definition) is 6. The van der Waals surface area contributed by atoms with E-state index in [9.17, 15) is 9.59 Å². The normalized spacial score (nSPS) is 15.9. The molecule has 1 atom stereocenters. The van der Waals surface area contributed by atoms with Gasteiger partial charge in [0.15, 0.2) is 5.43 Å². The van der Waals surface area contributed by atoms with Crippen LogP contribution in [0.2, 0.25) is 0 Å². The maximum Gasteiger partial charge on any atom is 0.290 e. The molecule has 0 spiro atoms. The van der Waals surface area contributed by atoms with Crippen LogP contribution in [-0.2, 0) is 0 Å². The van der Waals surface area contributed by atoms with E-state index in [-0.39, 0.29) is 17.1 Å². The molecule has 7 heteroatoms. The molecule has 3 aromatic rings. The van der Waals surface area contributed by atoms with E-state index in [2.05, 4.69) is 9.88 Å². The van der Waals surface area contributed by atoms with Crippen LogP contribution in [0, 0.1) is 0 Å². The smallest absolute Gasteiger partial charge is 0.290 e.